The van der Waals surface area contributed by atoms with Crippen LogP contribution in [0.5, 0.6) is 5.75 Å². The van der Waals surface area contributed by atoms with Crippen molar-refractivity contribution in [3.05, 3.63) is 59.7 Å². The predicted molar refractivity (Wildman–Crippen MR) is 114 cm³/mol. The molecule has 2 aromatic rings. The molecule has 2 amide bonds. The number of ether oxygens (including phenoxy) is 1. The Labute approximate surface area is 177 Å². The van der Waals surface area contributed by atoms with Gasteiger partial charge < -0.3 is 15.4 Å². The van der Waals surface area contributed by atoms with E-state index in [1.165, 1.54) is 26.3 Å². The Bertz CT molecular complexity index is 988. The molecule has 2 rings (SSSR count). The van der Waals surface area contributed by atoms with Crippen LogP contribution < -0.4 is 20.1 Å². The zero-order valence-electron chi connectivity index (χ0n) is 17.4. The highest BCUT2D eigenvalue weighted by atomic mass is 32.2. The molecule has 0 radical (unpaired) electrons. The average molecular weight is 434 g/mol. The molecule has 0 aliphatic heterocycles. The Kier molecular flexibility index (Phi) is 7.96. The second-order valence-electron chi connectivity index (χ2n) is 7.00. The lowest BCUT2D eigenvalue weighted by Gasteiger charge is -2.22. The fourth-order valence-electron chi connectivity index (χ4n) is 2.74. The van der Waals surface area contributed by atoms with Crippen molar-refractivity contribution in [2.24, 2.45) is 5.92 Å². The van der Waals surface area contributed by atoms with Crippen LogP contribution in [-0.4, -0.2) is 40.4 Å². The summed E-state index contributed by atoms with van der Waals surface area (Å²) in [7, 11) is -0.694. The predicted octanol–water partition coefficient (Wildman–Crippen LogP) is 1.67. The van der Waals surface area contributed by atoms with Gasteiger partial charge in [0.25, 0.3) is 5.91 Å². The van der Waals surface area contributed by atoms with Crippen LogP contribution in [0.15, 0.2) is 53.4 Å². The van der Waals surface area contributed by atoms with E-state index in [2.05, 4.69) is 15.4 Å². The summed E-state index contributed by atoms with van der Waals surface area (Å²) in [6.45, 7) is 3.80. The molecular weight excluding hydrogens is 406 g/mol. The Morgan fingerprint density at radius 2 is 1.73 bits per heavy atom. The molecule has 0 fully saturated rings. The number of hydrogen-bond donors (Lipinski definition) is 3. The van der Waals surface area contributed by atoms with Gasteiger partial charge in [-0.15, -0.1) is 0 Å². The van der Waals surface area contributed by atoms with E-state index in [-0.39, 0.29) is 29.2 Å². The maximum Gasteiger partial charge on any atom is 0.251 e. The van der Waals surface area contributed by atoms with E-state index in [4.69, 9.17) is 4.74 Å². The Hall–Kier alpha value is -2.91. The zero-order chi connectivity index (χ0) is 22.3. The summed E-state index contributed by atoms with van der Waals surface area (Å²) < 4.78 is 31.2. The zero-order valence-corrected chi connectivity index (χ0v) is 18.2. The first-order chi connectivity index (χ1) is 14.2. The van der Waals surface area contributed by atoms with Crippen LogP contribution >= 0.6 is 0 Å². The summed E-state index contributed by atoms with van der Waals surface area (Å²) in [6, 6.07) is 12.1. The molecule has 8 nitrogen and oxygen atoms in total. The third kappa shape index (κ3) is 6.04. The van der Waals surface area contributed by atoms with E-state index in [1.807, 2.05) is 13.8 Å². The van der Waals surface area contributed by atoms with Crippen molar-refractivity contribution in [2.45, 2.75) is 31.3 Å². The van der Waals surface area contributed by atoms with Crippen LogP contribution in [0, 0.1) is 5.92 Å². The van der Waals surface area contributed by atoms with Gasteiger partial charge in [-0.05, 0) is 54.9 Å². The van der Waals surface area contributed by atoms with Gasteiger partial charge in [0.1, 0.15) is 11.8 Å². The molecule has 2 aromatic carbocycles. The first-order valence-corrected chi connectivity index (χ1v) is 10.9. The third-order valence-corrected chi connectivity index (χ3v) is 5.94. The molecule has 0 aliphatic rings. The number of carbonyl (C=O) groups is 2. The number of carbonyl (C=O) groups excluding carboxylic acids is 2. The largest absolute Gasteiger partial charge is 0.497 e. The van der Waals surface area contributed by atoms with Gasteiger partial charge in [-0.3, -0.25) is 9.59 Å². The Morgan fingerprint density at radius 3 is 2.30 bits per heavy atom. The van der Waals surface area contributed by atoms with Crippen molar-refractivity contribution in [1.82, 2.24) is 15.4 Å². The van der Waals surface area contributed by atoms with Gasteiger partial charge in [0.2, 0.25) is 15.9 Å². The lowest BCUT2D eigenvalue weighted by atomic mass is 10.0. The Morgan fingerprint density at radius 1 is 1.07 bits per heavy atom. The molecule has 9 heteroatoms. The third-order valence-electron chi connectivity index (χ3n) is 4.53. The number of hydrogen-bond acceptors (Lipinski definition) is 5. The fourth-order valence-corrected chi connectivity index (χ4v) is 3.54. The van der Waals surface area contributed by atoms with E-state index in [0.717, 1.165) is 0 Å². The maximum atomic E-state index is 12.7. The molecule has 1 unspecified atom stereocenters. The lowest BCUT2D eigenvalue weighted by molar-refractivity contribution is -0.124. The van der Waals surface area contributed by atoms with Crippen LogP contribution in [0.25, 0.3) is 0 Å². The average Bonchev–Trinajstić information content (AvgIpc) is 2.75. The van der Waals surface area contributed by atoms with Crippen molar-refractivity contribution in [1.29, 1.82) is 0 Å². The van der Waals surface area contributed by atoms with Crippen molar-refractivity contribution < 1.29 is 22.7 Å². The van der Waals surface area contributed by atoms with E-state index in [1.54, 1.807) is 36.4 Å². The molecule has 0 spiro atoms. The number of benzene rings is 2. The smallest absolute Gasteiger partial charge is 0.251 e. The number of amides is 2. The molecule has 1 atom stereocenters. The molecule has 0 saturated heterocycles. The second kappa shape index (κ2) is 10.2. The van der Waals surface area contributed by atoms with E-state index >= 15 is 0 Å². The molecule has 0 aromatic heterocycles. The van der Waals surface area contributed by atoms with Gasteiger partial charge >= 0.3 is 0 Å². The van der Waals surface area contributed by atoms with Crippen LogP contribution in [0.4, 0.5) is 0 Å². The topological polar surface area (TPSA) is 114 Å². The number of rotatable bonds is 9. The van der Waals surface area contributed by atoms with Crippen LogP contribution in [0.2, 0.25) is 0 Å². The summed E-state index contributed by atoms with van der Waals surface area (Å²) in [5.74, 6) is -0.238. The summed E-state index contributed by atoms with van der Waals surface area (Å²) in [5, 5.41) is 5.52. The summed E-state index contributed by atoms with van der Waals surface area (Å²) in [5.41, 5.74) is 1.04. The van der Waals surface area contributed by atoms with Gasteiger partial charge in [-0.1, -0.05) is 26.0 Å². The minimum Gasteiger partial charge on any atom is -0.497 e. The maximum absolute atomic E-state index is 12.7. The monoisotopic (exact) mass is 433 g/mol. The summed E-state index contributed by atoms with van der Waals surface area (Å²) in [6.07, 6.45) is 0. The molecule has 162 valence electrons. The van der Waals surface area contributed by atoms with E-state index in [0.29, 0.717) is 16.9 Å². The minimum atomic E-state index is -3.57. The molecule has 0 heterocycles. The first kappa shape index (κ1) is 23.4. The number of methoxy groups -OCH3 is 1. The van der Waals surface area contributed by atoms with Crippen molar-refractivity contribution in [3.8, 4) is 5.75 Å². The molecule has 0 saturated carbocycles. The SMILES string of the molecule is CNS(=O)(=O)c1cccc(CNC(=O)C(NC(=O)c2ccc(OC)cc2)C(C)C)c1. The quantitative estimate of drug-likeness (QED) is 0.557. The van der Waals surface area contributed by atoms with Gasteiger partial charge in [-0.25, -0.2) is 13.1 Å². The van der Waals surface area contributed by atoms with Gasteiger partial charge in [0.05, 0.1) is 12.0 Å². The molecule has 0 bridgehead atoms. The van der Waals surface area contributed by atoms with Gasteiger partial charge in [0, 0.05) is 12.1 Å². The summed E-state index contributed by atoms with van der Waals surface area (Å²) >= 11 is 0. The standard InChI is InChI=1S/C21H27N3O5S/c1-14(2)19(24-20(25)16-8-10-17(29-4)11-9-16)21(26)23-13-15-6-5-7-18(12-15)30(27,28)22-3/h5-12,14,19,22H,13H2,1-4H3,(H,23,26)(H,24,25). The van der Waals surface area contributed by atoms with Crippen molar-refractivity contribution in [3.63, 3.8) is 0 Å². The fraction of sp³-hybridized carbons (Fsp3) is 0.333. The van der Waals surface area contributed by atoms with E-state index in [9.17, 15) is 18.0 Å². The minimum absolute atomic E-state index is 0.116. The van der Waals surface area contributed by atoms with Crippen LogP contribution in [-0.2, 0) is 21.4 Å². The molecular formula is C21H27N3O5S. The lowest BCUT2D eigenvalue weighted by Crippen LogP contribution is -2.49. The van der Waals surface area contributed by atoms with Crippen LogP contribution in [0.1, 0.15) is 29.8 Å². The number of sulfonamides is 1. The normalized spacial score (nSPS) is 12.3. The van der Waals surface area contributed by atoms with Gasteiger partial charge in [0.15, 0.2) is 0 Å². The first-order valence-electron chi connectivity index (χ1n) is 9.43. The highest BCUT2D eigenvalue weighted by molar-refractivity contribution is 7.89. The molecule has 0 aliphatic carbocycles. The Balaban J connectivity index is 2.05. The molecule has 3 N–H and O–H groups in total. The molecule has 30 heavy (non-hydrogen) atoms. The highest BCUT2D eigenvalue weighted by Crippen LogP contribution is 2.13. The van der Waals surface area contributed by atoms with Crippen molar-refractivity contribution in [2.75, 3.05) is 14.2 Å². The number of nitrogens with one attached hydrogen (secondary N) is 3. The second-order valence-corrected chi connectivity index (χ2v) is 8.88. The highest BCUT2D eigenvalue weighted by Gasteiger charge is 2.24. The summed E-state index contributed by atoms with van der Waals surface area (Å²) in [4.78, 5) is 25.3. The van der Waals surface area contributed by atoms with Crippen LogP contribution in [0.3, 0.4) is 0 Å². The van der Waals surface area contributed by atoms with E-state index < -0.39 is 16.1 Å². The van der Waals surface area contributed by atoms with Crippen molar-refractivity contribution >= 4 is 21.8 Å². The van der Waals surface area contributed by atoms with Gasteiger partial charge in [-0.2, -0.15) is 0 Å².